The second kappa shape index (κ2) is 4.58. The largest absolute Gasteiger partial charge is 0.494 e. The van der Waals surface area contributed by atoms with Crippen molar-refractivity contribution in [3.05, 3.63) is 60.2 Å². The van der Waals surface area contributed by atoms with Gasteiger partial charge >= 0.3 is 5.69 Å². The van der Waals surface area contributed by atoms with Gasteiger partial charge in [0.25, 0.3) is 11.2 Å². The molecular weight excluding hydrogens is 278 g/mol. The summed E-state index contributed by atoms with van der Waals surface area (Å²) in [5, 5.41) is 20.2. The van der Waals surface area contributed by atoms with Gasteiger partial charge in [0.2, 0.25) is 5.88 Å². The fraction of sp³-hybridized carbons (Fsp3) is 0. The molecule has 0 unspecified atom stereocenters. The number of nitrogens with zero attached hydrogens (tertiary/aromatic N) is 2. The minimum Gasteiger partial charge on any atom is -0.494 e. The summed E-state index contributed by atoms with van der Waals surface area (Å²) < 4.78 is 0.713. The number of nitro benzene ring substituents is 1. The van der Waals surface area contributed by atoms with Crippen LogP contribution in [0.25, 0.3) is 5.69 Å². The first-order valence-electron chi connectivity index (χ1n) is 4.90. The van der Waals surface area contributed by atoms with Crippen LogP contribution in [0, 0.1) is 10.1 Å². The molecule has 98 valence electrons. The lowest BCUT2D eigenvalue weighted by Crippen LogP contribution is -2.27. The molecule has 0 radical (unpaired) electrons. The molecular formula is C10H6ClN3O5. The summed E-state index contributed by atoms with van der Waals surface area (Å²) in [6, 6.07) is 4.31. The van der Waals surface area contributed by atoms with E-state index in [0.717, 1.165) is 12.1 Å². The smallest absolute Gasteiger partial charge is 0.335 e. The van der Waals surface area contributed by atoms with Crippen molar-refractivity contribution in [2.75, 3.05) is 0 Å². The third-order valence-electron chi connectivity index (χ3n) is 2.31. The highest BCUT2D eigenvalue weighted by Gasteiger charge is 2.15. The van der Waals surface area contributed by atoms with Crippen molar-refractivity contribution in [3.63, 3.8) is 0 Å². The fourth-order valence-electron chi connectivity index (χ4n) is 1.51. The van der Waals surface area contributed by atoms with E-state index in [1.165, 1.54) is 12.1 Å². The molecule has 2 N–H and O–H groups in total. The molecule has 1 aromatic carbocycles. The van der Waals surface area contributed by atoms with Gasteiger partial charge in [0.05, 0.1) is 16.7 Å². The average Bonchev–Trinajstić information content (AvgIpc) is 2.29. The van der Waals surface area contributed by atoms with E-state index < -0.39 is 27.7 Å². The van der Waals surface area contributed by atoms with Crippen LogP contribution in [-0.4, -0.2) is 19.6 Å². The van der Waals surface area contributed by atoms with Crippen molar-refractivity contribution >= 4 is 17.3 Å². The number of aromatic nitrogens is 2. The van der Waals surface area contributed by atoms with Gasteiger partial charge < -0.3 is 5.11 Å². The maximum Gasteiger partial charge on any atom is 0.335 e. The lowest BCUT2D eigenvalue weighted by Gasteiger charge is -2.07. The van der Waals surface area contributed by atoms with Crippen LogP contribution in [0.4, 0.5) is 5.69 Å². The highest BCUT2D eigenvalue weighted by Crippen LogP contribution is 2.27. The first-order chi connectivity index (χ1) is 8.90. The van der Waals surface area contributed by atoms with E-state index in [4.69, 9.17) is 11.6 Å². The highest BCUT2D eigenvalue weighted by molar-refractivity contribution is 6.32. The van der Waals surface area contributed by atoms with E-state index >= 15 is 0 Å². The normalized spacial score (nSPS) is 10.4. The van der Waals surface area contributed by atoms with Crippen LogP contribution in [0.3, 0.4) is 0 Å². The van der Waals surface area contributed by atoms with E-state index in [1.807, 2.05) is 4.98 Å². The molecule has 19 heavy (non-hydrogen) atoms. The van der Waals surface area contributed by atoms with Gasteiger partial charge in [-0.1, -0.05) is 11.6 Å². The second-order valence-corrected chi connectivity index (χ2v) is 3.93. The maximum absolute atomic E-state index is 11.6. The minimum atomic E-state index is -0.915. The van der Waals surface area contributed by atoms with Crippen molar-refractivity contribution in [3.8, 4) is 11.6 Å². The summed E-state index contributed by atoms with van der Waals surface area (Å²) in [5.74, 6) is -0.634. The summed E-state index contributed by atoms with van der Waals surface area (Å²) >= 11 is 5.63. The van der Waals surface area contributed by atoms with E-state index in [-0.39, 0.29) is 10.7 Å². The minimum absolute atomic E-state index is 0.00912. The molecule has 1 aromatic heterocycles. The van der Waals surface area contributed by atoms with Crippen molar-refractivity contribution in [1.29, 1.82) is 0 Å². The van der Waals surface area contributed by atoms with Crippen molar-refractivity contribution in [2.24, 2.45) is 0 Å². The molecule has 8 nitrogen and oxygen atoms in total. The summed E-state index contributed by atoms with van der Waals surface area (Å²) in [6.45, 7) is 0. The van der Waals surface area contributed by atoms with Crippen LogP contribution in [0.1, 0.15) is 0 Å². The van der Waals surface area contributed by atoms with Crippen molar-refractivity contribution in [2.45, 2.75) is 0 Å². The number of halogens is 1. The Hall–Kier alpha value is -2.61. The monoisotopic (exact) mass is 283 g/mol. The third kappa shape index (κ3) is 2.33. The predicted octanol–water partition coefficient (Wildman–Crippen LogP) is 0.793. The highest BCUT2D eigenvalue weighted by atomic mass is 35.5. The molecule has 2 rings (SSSR count). The van der Waals surface area contributed by atoms with Crippen LogP contribution in [0.5, 0.6) is 5.88 Å². The molecule has 0 fully saturated rings. The van der Waals surface area contributed by atoms with Crippen LogP contribution in [0.15, 0.2) is 33.9 Å². The van der Waals surface area contributed by atoms with Crippen molar-refractivity contribution in [1.82, 2.24) is 9.55 Å². The average molecular weight is 284 g/mol. The maximum atomic E-state index is 11.6. The van der Waals surface area contributed by atoms with Gasteiger partial charge in [0.15, 0.2) is 0 Å². The zero-order valence-electron chi connectivity index (χ0n) is 9.16. The van der Waals surface area contributed by atoms with Gasteiger partial charge in [-0.15, -0.1) is 0 Å². The van der Waals surface area contributed by atoms with Crippen LogP contribution < -0.4 is 11.2 Å². The molecule has 0 aliphatic rings. The molecule has 0 saturated heterocycles. The fourth-order valence-corrected chi connectivity index (χ4v) is 1.70. The Labute approximate surface area is 109 Å². The standard InChI is InChI=1S/C10H6ClN3O5/c11-6-2-1-5(3-7(6)14(18)19)13-9(16)4-8(15)12-10(13)17/h1-4,16H,(H,12,15,17). The molecule has 0 aliphatic carbocycles. The van der Waals surface area contributed by atoms with Crippen molar-refractivity contribution < 1.29 is 10.0 Å². The number of hydrogen-bond acceptors (Lipinski definition) is 5. The molecule has 1 heterocycles. The number of H-pyrrole nitrogens is 1. The van der Waals surface area contributed by atoms with Crippen LogP contribution >= 0.6 is 11.6 Å². The Kier molecular flexibility index (Phi) is 3.09. The number of nitrogens with one attached hydrogen (secondary N) is 1. The Morgan fingerprint density at radius 1 is 1.32 bits per heavy atom. The topological polar surface area (TPSA) is 118 Å². The lowest BCUT2D eigenvalue weighted by molar-refractivity contribution is -0.384. The van der Waals surface area contributed by atoms with Crippen LogP contribution in [-0.2, 0) is 0 Å². The van der Waals surface area contributed by atoms with Gasteiger partial charge in [0.1, 0.15) is 5.02 Å². The SMILES string of the molecule is O=c1cc(O)n(-c2ccc(Cl)c([N+](=O)[O-])c2)c(=O)[nH]1. The molecule has 2 aromatic rings. The summed E-state index contributed by atoms with van der Waals surface area (Å²) in [6.07, 6.45) is 0. The predicted molar refractivity (Wildman–Crippen MR) is 66.0 cm³/mol. The Morgan fingerprint density at radius 2 is 2.00 bits per heavy atom. The molecule has 9 heteroatoms. The number of hydrogen-bond donors (Lipinski definition) is 2. The second-order valence-electron chi connectivity index (χ2n) is 3.53. The van der Waals surface area contributed by atoms with Gasteiger partial charge in [-0.3, -0.25) is 19.9 Å². The van der Waals surface area contributed by atoms with Gasteiger partial charge in [-0.05, 0) is 12.1 Å². The summed E-state index contributed by atoms with van der Waals surface area (Å²) in [5.41, 5.74) is -2.10. The van der Waals surface area contributed by atoms with Gasteiger partial charge in [-0.25, -0.2) is 9.36 Å². The zero-order chi connectivity index (χ0) is 14.2. The molecule has 0 saturated carbocycles. The summed E-state index contributed by atoms with van der Waals surface area (Å²) in [4.78, 5) is 34.5. The summed E-state index contributed by atoms with van der Waals surface area (Å²) in [7, 11) is 0. The lowest BCUT2D eigenvalue weighted by atomic mass is 10.2. The number of rotatable bonds is 2. The first-order valence-corrected chi connectivity index (χ1v) is 5.27. The van der Waals surface area contributed by atoms with Gasteiger partial charge in [-0.2, -0.15) is 0 Å². The third-order valence-corrected chi connectivity index (χ3v) is 2.63. The first kappa shape index (κ1) is 12.8. The van der Waals surface area contributed by atoms with E-state index in [9.17, 15) is 24.8 Å². The van der Waals surface area contributed by atoms with E-state index in [1.54, 1.807) is 0 Å². The molecule has 0 amide bonds. The van der Waals surface area contributed by atoms with Gasteiger partial charge in [0, 0.05) is 6.07 Å². The Morgan fingerprint density at radius 3 is 2.58 bits per heavy atom. The molecule has 0 spiro atoms. The Bertz CT molecular complexity index is 779. The molecule has 0 atom stereocenters. The van der Waals surface area contributed by atoms with E-state index in [2.05, 4.69) is 0 Å². The van der Waals surface area contributed by atoms with E-state index in [0.29, 0.717) is 4.57 Å². The molecule has 0 bridgehead atoms. The van der Waals surface area contributed by atoms with Crippen LogP contribution in [0.2, 0.25) is 5.02 Å². The quantitative estimate of drug-likeness (QED) is 0.624. The number of nitro groups is 1. The number of aromatic hydroxyl groups is 1. The molecule has 0 aliphatic heterocycles. The number of benzene rings is 1. The Balaban J connectivity index is 2.73. The number of aromatic amines is 1. The zero-order valence-corrected chi connectivity index (χ0v) is 9.92.